The van der Waals surface area contributed by atoms with Crippen LogP contribution in [-0.2, 0) is 4.79 Å². The summed E-state index contributed by atoms with van der Waals surface area (Å²) in [6.45, 7) is 6.33. The van der Waals surface area contributed by atoms with E-state index in [9.17, 15) is 9.59 Å². The molecule has 2 amide bonds. The number of nitrogens with zero attached hydrogens (tertiary/aromatic N) is 1. The molecule has 1 aliphatic carbocycles. The standard InChI is InChI=1S/C13H24N2O3/c1-9(2)10(3)15(4)12(18)14-8-13(11(16)17)6-5-7-13/h9-10H,5-8H2,1-4H3,(H,14,18)(H,16,17). The summed E-state index contributed by atoms with van der Waals surface area (Å²) in [5.74, 6) is -0.425. The highest BCUT2D eigenvalue weighted by Crippen LogP contribution is 2.40. The molecular weight excluding hydrogens is 232 g/mol. The first kappa shape index (κ1) is 14.8. The van der Waals surface area contributed by atoms with Crippen LogP contribution in [0.2, 0.25) is 0 Å². The zero-order valence-electron chi connectivity index (χ0n) is 11.7. The summed E-state index contributed by atoms with van der Waals surface area (Å²) in [7, 11) is 1.74. The molecule has 0 aromatic rings. The average Bonchev–Trinajstić information content (AvgIpc) is 2.24. The molecule has 5 heteroatoms. The van der Waals surface area contributed by atoms with Gasteiger partial charge in [-0.2, -0.15) is 0 Å². The highest BCUT2D eigenvalue weighted by Gasteiger charge is 2.44. The number of carboxylic acid groups (broad SMARTS) is 1. The molecule has 1 aliphatic rings. The van der Waals surface area contributed by atoms with Gasteiger partial charge in [-0.05, 0) is 25.7 Å². The van der Waals surface area contributed by atoms with Gasteiger partial charge < -0.3 is 15.3 Å². The first-order valence-corrected chi connectivity index (χ1v) is 6.54. The smallest absolute Gasteiger partial charge is 0.317 e. The van der Waals surface area contributed by atoms with Gasteiger partial charge in [0, 0.05) is 19.6 Å². The summed E-state index contributed by atoms with van der Waals surface area (Å²) in [5.41, 5.74) is -0.725. The Labute approximate surface area is 109 Å². The quantitative estimate of drug-likeness (QED) is 0.789. The molecule has 0 aromatic carbocycles. The summed E-state index contributed by atoms with van der Waals surface area (Å²) >= 11 is 0. The number of nitrogens with one attached hydrogen (secondary N) is 1. The van der Waals surface area contributed by atoms with E-state index in [0.29, 0.717) is 18.8 Å². The number of rotatable bonds is 5. The van der Waals surface area contributed by atoms with E-state index >= 15 is 0 Å². The van der Waals surface area contributed by atoms with Gasteiger partial charge in [-0.25, -0.2) is 4.79 Å². The number of amides is 2. The Morgan fingerprint density at radius 3 is 2.22 bits per heavy atom. The second-order valence-corrected chi connectivity index (χ2v) is 5.69. The van der Waals surface area contributed by atoms with Crippen molar-refractivity contribution in [3.05, 3.63) is 0 Å². The lowest BCUT2D eigenvalue weighted by molar-refractivity contribution is -0.153. The molecule has 0 radical (unpaired) electrons. The van der Waals surface area contributed by atoms with Crippen molar-refractivity contribution in [2.45, 2.75) is 46.1 Å². The molecule has 18 heavy (non-hydrogen) atoms. The number of carboxylic acids is 1. The first-order valence-electron chi connectivity index (χ1n) is 6.54. The van der Waals surface area contributed by atoms with Crippen molar-refractivity contribution in [1.29, 1.82) is 0 Å². The van der Waals surface area contributed by atoms with Crippen LogP contribution in [0.5, 0.6) is 0 Å². The molecule has 1 fully saturated rings. The van der Waals surface area contributed by atoms with E-state index in [4.69, 9.17) is 5.11 Å². The Hall–Kier alpha value is -1.26. The molecule has 5 nitrogen and oxygen atoms in total. The highest BCUT2D eigenvalue weighted by atomic mass is 16.4. The van der Waals surface area contributed by atoms with Crippen molar-refractivity contribution in [2.75, 3.05) is 13.6 Å². The second-order valence-electron chi connectivity index (χ2n) is 5.69. The van der Waals surface area contributed by atoms with E-state index in [1.807, 2.05) is 6.92 Å². The normalized spacial score (nSPS) is 18.9. The number of hydrogen-bond donors (Lipinski definition) is 2. The number of urea groups is 1. The molecule has 0 spiro atoms. The Kier molecular flexibility index (Phi) is 4.59. The van der Waals surface area contributed by atoms with Gasteiger partial charge in [0.05, 0.1) is 5.41 Å². The fourth-order valence-corrected chi connectivity index (χ4v) is 2.07. The molecule has 0 heterocycles. The van der Waals surface area contributed by atoms with Crippen molar-refractivity contribution in [3.8, 4) is 0 Å². The molecule has 104 valence electrons. The molecule has 0 bridgehead atoms. The molecule has 0 aromatic heterocycles. The molecule has 0 saturated heterocycles. The minimum absolute atomic E-state index is 0.132. The predicted molar refractivity (Wildman–Crippen MR) is 69.4 cm³/mol. The summed E-state index contributed by atoms with van der Waals surface area (Å²) < 4.78 is 0. The van der Waals surface area contributed by atoms with E-state index in [1.54, 1.807) is 11.9 Å². The maximum atomic E-state index is 11.9. The van der Waals surface area contributed by atoms with Crippen LogP contribution in [0.4, 0.5) is 4.79 Å². The van der Waals surface area contributed by atoms with Crippen LogP contribution >= 0.6 is 0 Å². The van der Waals surface area contributed by atoms with E-state index in [2.05, 4.69) is 19.2 Å². The zero-order chi connectivity index (χ0) is 13.9. The minimum atomic E-state index is -0.798. The van der Waals surface area contributed by atoms with Crippen molar-refractivity contribution >= 4 is 12.0 Å². The Bertz CT molecular complexity index is 324. The van der Waals surface area contributed by atoms with Gasteiger partial charge in [-0.1, -0.05) is 20.3 Å². The second kappa shape index (κ2) is 5.59. The minimum Gasteiger partial charge on any atom is -0.481 e. The fraction of sp³-hybridized carbons (Fsp3) is 0.846. The number of hydrogen-bond acceptors (Lipinski definition) is 2. The largest absolute Gasteiger partial charge is 0.481 e. The monoisotopic (exact) mass is 256 g/mol. The van der Waals surface area contributed by atoms with Crippen molar-refractivity contribution < 1.29 is 14.7 Å². The van der Waals surface area contributed by atoms with Crippen LogP contribution in [0.25, 0.3) is 0 Å². The van der Waals surface area contributed by atoms with Gasteiger partial charge in [-0.3, -0.25) is 4.79 Å². The van der Waals surface area contributed by atoms with E-state index in [1.165, 1.54) is 0 Å². The number of carbonyl (C=O) groups is 2. The molecular formula is C13H24N2O3. The van der Waals surface area contributed by atoms with Gasteiger partial charge >= 0.3 is 12.0 Å². The van der Waals surface area contributed by atoms with Crippen LogP contribution < -0.4 is 5.32 Å². The van der Waals surface area contributed by atoms with Gasteiger partial charge in [0.25, 0.3) is 0 Å². The van der Waals surface area contributed by atoms with Crippen LogP contribution in [0, 0.1) is 11.3 Å². The van der Waals surface area contributed by atoms with Crippen LogP contribution in [0.3, 0.4) is 0 Å². The van der Waals surface area contributed by atoms with E-state index in [0.717, 1.165) is 6.42 Å². The predicted octanol–water partition coefficient (Wildman–Crippen LogP) is 1.93. The maximum Gasteiger partial charge on any atom is 0.317 e. The lowest BCUT2D eigenvalue weighted by Gasteiger charge is -2.38. The maximum absolute atomic E-state index is 11.9. The first-order chi connectivity index (χ1) is 8.30. The van der Waals surface area contributed by atoms with E-state index < -0.39 is 11.4 Å². The lowest BCUT2D eigenvalue weighted by atomic mass is 9.69. The van der Waals surface area contributed by atoms with Gasteiger partial charge in [0.1, 0.15) is 0 Å². The molecule has 2 N–H and O–H groups in total. The Balaban J connectivity index is 2.48. The Morgan fingerprint density at radius 1 is 1.33 bits per heavy atom. The van der Waals surface area contributed by atoms with Gasteiger partial charge in [0.2, 0.25) is 0 Å². The van der Waals surface area contributed by atoms with E-state index in [-0.39, 0.29) is 18.6 Å². The summed E-state index contributed by atoms with van der Waals surface area (Å²) in [6.07, 6.45) is 2.25. The molecule has 0 aliphatic heterocycles. The number of aliphatic carboxylic acids is 1. The average molecular weight is 256 g/mol. The fourth-order valence-electron chi connectivity index (χ4n) is 2.07. The third-order valence-corrected chi connectivity index (χ3v) is 4.24. The molecule has 1 rings (SSSR count). The summed E-state index contributed by atoms with van der Waals surface area (Å²) in [5, 5.41) is 11.9. The third-order valence-electron chi connectivity index (χ3n) is 4.24. The van der Waals surface area contributed by atoms with Crippen molar-refractivity contribution in [2.24, 2.45) is 11.3 Å². The van der Waals surface area contributed by atoms with Gasteiger partial charge in [0.15, 0.2) is 0 Å². The van der Waals surface area contributed by atoms with Crippen LogP contribution in [0.15, 0.2) is 0 Å². The third kappa shape index (κ3) is 2.94. The highest BCUT2D eigenvalue weighted by molar-refractivity contribution is 5.78. The Morgan fingerprint density at radius 2 is 1.89 bits per heavy atom. The van der Waals surface area contributed by atoms with Gasteiger partial charge in [-0.15, -0.1) is 0 Å². The lowest BCUT2D eigenvalue weighted by Crippen LogP contribution is -2.51. The van der Waals surface area contributed by atoms with Crippen molar-refractivity contribution in [3.63, 3.8) is 0 Å². The summed E-state index contributed by atoms with van der Waals surface area (Å²) in [6, 6.07) is -0.0594. The SMILES string of the molecule is CC(C)C(C)N(C)C(=O)NCC1(C(=O)O)CCC1. The molecule has 1 saturated carbocycles. The zero-order valence-corrected chi connectivity index (χ0v) is 11.7. The van der Waals surface area contributed by atoms with Crippen molar-refractivity contribution in [1.82, 2.24) is 10.2 Å². The number of carbonyl (C=O) groups excluding carboxylic acids is 1. The topological polar surface area (TPSA) is 69.6 Å². The van der Waals surface area contributed by atoms with Crippen LogP contribution in [0.1, 0.15) is 40.0 Å². The molecule has 1 unspecified atom stereocenters. The molecule has 1 atom stereocenters. The summed E-state index contributed by atoms with van der Waals surface area (Å²) in [4.78, 5) is 24.7. The van der Waals surface area contributed by atoms with Crippen LogP contribution in [-0.4, -0.2) is 41.6 Å².